The Morgan fingerprint density at radius 2 is 2.00 bits per heavy atom. The zero-order chi connectivity index (χ0) is 14.5. The van der Waals surface area contributed by atoms with Gasteiger partial charge < -0.3 is 15.2 Å². The van der Waals surface area contributed by atoms with E-state index in [-0.39, 0.29) is 17.6 Å². The van der Waals surface area contributed by atoms with Crippen molar-refractivity contribution in [3.63, 3.8) is 0 Å². The fourth-order valence-corrected chi connectivity index (χ4v) is 2.03. The molecule has 0 saturated heterocycles. The fourth-order valence-electron chi connectivity index (χ4n) is 2.03. The largest absolute Gasteiger partial charge is 0.507 e. The quantitative estimate of drug-likeness (QED) is 0.879. The van der Waals surface area contributed by atoms with Crippen molar-refractivity contribution in [2.24, 2.45) is 0 Å². The lowest BCUT2D eigenvalue weighted by molar-refractivity contribution is 0.404. The molecular weight excluding hydrogens is 257 g/mol. The highest BCUT2D eigenvalue weighted by Crippen LogP contribution is 2.28. The van der Waals surface area contributed by atoms with E-state index < -0.39 is 0 Å². The third-order valence-corrected chi connectivity index (χ3v) is 3.26. The molecule has 0 saturated carbocycles. The molecule has 0 fully saturated rings. The lowest BCUT2D eigenvalue weighted by atomic mass is 10.1. The van der Waals surface area contributed by atoms with Crippen molar-refractivity contribution in [2.45, 2.75) is 19.5 Å². The van der Waals surface area contributed by atoms with Crippen molar-refractivity contribution in [1.82, 2.24) is 5.32 Å². The van der Waals surface area contributed by atoms with Gasteiger partial charge >= 0.3 is 0 Å². The number of nitrogens with one attached hydrogen (secondary N) is 1. The van der Waals surface area contributed by atoms with E-state index in [2.05, 4.69) is 5.32 Å². The molecule has 20 heavy (non-hydrogen) atoms. The summed E-state index contributed by atoms with van der Waals surface area (Å²) in [4.78, 5) is 0. The highest BCUT2D eigenvalue weighted by atomic mass is 19.1. The van der Waals surface area contributed by atoms with Gasteiger partial charge in [0, 0.05) is 29.8 Å². The number of phenols is 1. The van der Waals surface area contributed by atoms with Crippen LogP contribution in [-0.2, 0) is 6.54 Å². The van der Waals surface area contributed by atoms with Gasteiger partial charge in [-0.25, -0.2) is 4.39 Å². The summed E-state index contributed by atoms with van der Waals surface area (Å²) in [6, 6.07) is 11.7. The second-order valence-electron chi connectivity index (χ2n) is 4.62. The Morgan fingerprint density at radius 3 is 2.65 bits per heavy atom. The number of methoxy groups -OCH3 is 1. The molecule has 0 aliphatic carbocycles. The number of rotatable bonds is 5. The Hall–Kier alpha value is -2.07. The number of hydrogen-bond donors (Lipinski definition) is 2. The molecule has 2 aromatic rings. The topological polar surface area (TPSA) is 41.5 Å². The number of aromatic hydroxyl groups is 1. The van der Waals surface area contributed by atoms with Crippen molar-refractivity contribution in [2.75, 3.05) is 7.11 Å². The van der Waals surface area contributed by atoms with E-state index in [4.69, 9.17) is 4.74 Å². The summed E-state index contributed by atoms with van der Waals surface area (Å²) in [6.45, 7) is 2.32. The van der Waals surface area contributed by atoms with Gasteiger partial charge in [0.25, 0.3) is 0 Å². The van der Waals surface area contributed by atoms with Crippen LogP contribution in [0.5, 0.6) is 11.5 Å². The van der Waals surface area contributed by atoms with Gasteiger partial charge in [0.2, 0.25) is 0 Å². The number of benzene rings is 2. The molecule has 1 unspecified atom stereocenters. The summed E-state index contributed by atoms with van der Waals surface area (Å²) >= 11 is 0. The Morgan fingerprint density at radius 1 is 1.25 bits per heavy atom. The monoisotopic (exact) mass is 275 g/mol. The molecule has 0 bridgehead atoms. The molecule has 4 heteroatoms. The van der Waals surface area contributed by atoms with Crippen LogP contribution in [0.1, 0.15) is 24.1 Å². The summed E-state index contributed by atoms with van der Waals surface area (Å²) < 4.78 is 18.6. The molecule has 106 valence electrons. The van der Waals surface area contributed by atoms with Crippen LogP contribution in [0.25, 0.3) is 0 Å². The van der Waals surface area contributed by atoms with Gasteiger partial charge in [0.1, 0.15) is 17.3 Å². The summed E-state index contributed by atoms with van der Waals surface area (Å²) in [5.41, 5.74) is 1.36. The molecule has 0 heterocycles. The predicted octanol–water partition coefficient (Wildman–Crippen LogP) is 3.39. The maximum Gasteiger partial charge on any atom is 0.127 e. The number of hydrogen-bond acceptors (Lipinski definition) is 3. The van der Waals surface area contributed by atoms with Crippen molar-refractivity contribution in [3.05, 3.63) is 59.4 Å². The van der Waals surface area contributed by atoms with Gasteiger partial charge in [-0.2, -0.15) is 0 Å². The molecule has 0 radical (unpaired) electrons. The average Bonchev–Trinajstić information content (AvgIpc) is 2.46. The minimum Gasteiger partial charge on any atom is -0.507 e. The summed E-state index contributed by atoms with van der Waals surface area (Å²) in [5, 5.41) is 13.1. The average molecular weight is 275 g/mol. The van der Waals surface area contributed by atoms with Crippen LogP contribution in [0.15, 0.2) is 42.5 Å². The van der Waals surface area contributed by atoms with E-state index in [1.807, 2.05) is 6.92 Å². The van der Waals surface area contributed by atoms with Crippen LogP contribution >= 0.6 is 0 Å². The van der Waals surface area contributed by atoms with Crippen LogP contribution in [0, 0.1) is 5.82 Å². The first-order valence-corrected chi connectivity index (χ1v) is 6.45. The second kappa shape index (κ2) is 6.39. The van der Waals surface area contributed by atoms with E-state index in [9.17, 15) is 9.50 Å². The van der Waals surface area contributed by atoms with Gasteiger partial charge in [0.15, 0.2) is 0 Å². The van der Waals surface area contributed by atoms with Crippen molar-refractivity contribution >= 4 is 0 Å². The van der Waals surface area contributed by atoms with E-state index >= 15 is 0 Å². The Kier molecular flexibility index (Phi) is 4.58. The Bertz CT molecular complexity index is 586. The zero-order valence-electron chi connectivity index (χ0n) is 11.6. The molecular formula is C16H18FNO2. The molecule has 0 aromatic heterocycles. The maximum absolute atomic E-state index is 13.5. The van der Waals surface area contributed by atoms with Gasteiger partial charge in [-0.15, -0.1) is 0 Å². The van der Waals surface area contributed by atoms with Crippen molar-refractivity contribution in [1.29, 1.82) is 0 Å². The third-order valence-electron chi connectivity index (χ3n) is 3.26. The first-order chi connectivity index (χ1) is 9.61. The number of ether oxygens (including phenoxy) is 1. The summed E-state index contributed by atoms with van der Waals surface area (Å²) in [6.07, 6.45) is 0. The zero-order valence-corrected chi connectivity index (χ0v) is 11.6. The summed E-state index contributed by atoms with van der Waals surface area (Å²) in [5.74, 6) is 0.539. The highest BCUT2D eigenvalue weighted by Gasteiger charge is 2.11. The predicted molar refractivity (Wildman–Crippen MR) is 76.3 cm³/mol. The van der Waals surface area contributed by atoms with Gasteiger partial charge in [-0.3, -0.25) is 0 Å². The standard InChI is InChI=1S/C16H18FNO2/c1-11(14-8-7-13(20-2)9-16(14)19)18-10-12-5-3-4-6-15(12)17/h3-9,11,18-19H,10H2,1-2H3. The first-order valence-electron chi connectivity index (χ1n) is 6.45. The van der Waals surface area contributed by atoms with E-state index in [1.165, 1.54) is 6.07 Å². The molecule has 3 nitrogen and oxygen atoms in total. The van der Waals surface area contributed by atoms with Crippen LogP contribution in [0.3, 0.4) is 0 Å². The van der Waals surface area contributed by atoms with E-state index in [0.717, 1.165) is 5.56 Å². The van der Waals surface area contributed by atoms with Crippen LogP contribution < -0.4 is 10.1 Å². The maximum atomic E-state index is 13.5. The number of phenolic OH excluding ortho intramolecular Hbond substituents is 1. The van der Waals surface area contributed by atoms with E-state index in [1.54, 1.807) is 43.5 Å². The van der Waals surface area contributed by atoms with Gasteiger partial charge in [0.05, 0.1) is 7.11 Å². The molecule has 2 rings (SSSR count). The summed E-state index contributed by atoms with van der Waals surface area (Å²) in [7, 11) is 1.55. The van der Waals surface area contributed by atoms with Crippen LogP contribution in [-0.4, -0.2) is 12.2 Å². The van der Waals surface area contributed by atoms with Gasteiger partial charge in [-0.05, 0) is 19.1 Å². The molecule has 0 amide bonds. The van der Waals surface area contributed by atoms with E-state index in [0.29, 0.717) is 17.9 Å². The van der Waals surface area contributed by atoms with Gasteiger partial charge in [-0.1, -0.05) is 24.3 Å². The molecule has 1 atom stereocenters. The minimum atomic E-state index is -0.230. The fraction of sp³-hybridized carbons (Fsp3) is 0.250. The minimum absolute atomic E-state index is 0.0967. The SMILES string of the molecule is COc1ccc(C(C)NCc2ccccc2F)c(O)c1. The lowest BCUT2D eigenvalue weighted by Crippen LogP contribution is -2.18. The molecule has 0 aliphatic rings. The Labute approximate surface area is 118 Å². The van der Waals surface area contributed by atoms with Crippen molar-refractivity contribution in [3.8, 4) is 11.5 Å². The molecule has 0 aliphatic heterocycles. The highest BCUT2D eigenvalue weighted by molar-refractivity contribution is 5.41. The molecule has 2 aromatic carbocycles. The normalized spacial score (nSPS) is 12.2. The first kappa shape index (κ1) is 14.3. The van der Waals surface area contributed by atoms with Crippen LogP contribution in [0.4, 0.5) is 4.39 Å². The second-order valence-corrected chi connectivity index (χ2v) is 4.62. The Balaban J connectivity index is 2.05. The number of halogens is 1. The third kappa shape index (κ3) is 3.27. The molecule has 2 N–H and O–H groups in total. The molecule has 0 spiro atoms. The lowest BCUT2D eigenvalue weighted by Gasteiger charge is -2.16. The van der Waals surface area contributed by atoms with Crippen molar-refractivity contribution < 1.29 is 14.2 Å². The smallest absolute Gasteiger partial charge is 0.127 e. The van der Waals surface area contributed by atoms with Crippen LogP contribution in [0.2, 0.25) is 0 Å².